The summed E-state index contributed by atoms with van der Waals surface area (Å²) < 4.78 is 0. The highest BCUT2D eigenvalue weighted by molar-refractivity contribution is 4.53. The van der Waals surface area contributed by atoms with E-state index in [9.17, 15) is 0 Å². The van der Waals surface area contributed by atoms with Crippen molar-refractivity contribution in [2.75, 3.05) is 0 Å². The van der Waals surface area contributed by atoms with E-state index in [4.69, 9.17) is 14.7 Å². The molecular formula is CHN3O3. The van der Waals surface area contributed by atoms with E-state index < -0.39 is 6.29 Å². The zero-order valence-electron chi connectivity index (χ0n) is 3.14. The Labute approximate surface area is 37.8 Å². The topological polar surface area (TPSA) is 88.3 Å². The monoisotopic (exact) mass is 103 g/mol. The molecule has 0 aliphatic heterocycles. The quantitative estimate of drug-likeness (QED) is 0.489. The molecule has 0 unspecified atom stereocenters. The molecule has 6 heteroatoms. The SMILES string of the molecule is O=NC(N=O)N=O. The molecule has 0 saturated carbocycles. The molecule has 0 fully saturated rings. The van der Waals surface area contributed by atoms with E-state index in [0.717, 1.165) is 0 Å². The summed E-state index contributed by atoms with van der Waals surface area (Å²) in [5.41, 5.74) is 0. The van der Waals surface area contributed by atoms with Crippen LogP contribution in [0.1, 0.15) is 0 Å². The number of hydrogen-bond donors (Lipinski definition) is 0. The summed E-state index contributed by atoms with van der Waals surface area (Å²) in [5, 5.41) is 5.75. The van der Waals surface area contributed by atoms with E-state index in [0.29, 0.717) is 0 Å². The first-order valence-corrected chi connectivity index (χ1v) is 1.32. The first kappa shape index (κ1) is 5.80. The predicted molar refractivity (Wildman–Crippen MR) is 21.2 cm³/mol. The van der Waals surface area contributed by atoms with Crippen molar-refractivity contribution in [3.05, 3.63) is 14.7 Å². The number of rotatable bonds is 3. The lowest BCUT2D eigenvalue weighted by molar-refractivity contribution is 0.736. The van der Waals surface area contributed by atoms with Gasteiger partial charge in [-0.3, -0.25) is 0 Å². The third-order valence-electron chi connectivity index (χ3n) is 0.283. The first-order chi connectivity index (χ1) is 3.35. The van der Waals surface area contributed by atoms with Crippen molar-refractivity contribution < 1.29 is 0 Å². The summed E-state index contributed by atoms with van der Waals surface area (Å²) in [4.78, 5) is 27.4. The van der Waals surface area contributed by atoms with E-state index in [2.05, 4.69) is 0 Å². The lowest BCUT2D eigenvalue weighted by Crippen LogP contribution is -1.87. The smallest absolute Gasteiger partial charge is 0.146 e. The van der Waals surface area contributed by atoms with E-state index in [-0.39, 0.29) is 0 Å². The van der Waals surface area contributed by atoms with Gasteiger partial charge in [0, 0.05) is 0 Å². The van der Waals surface area contributed by atoms with E-state index in [1.807, 2.05) is 15.5 Å². The van der Waals surface area contributed by atoms with Crippen LogP contribution in [0, 0.1) is 14.7 Å². The number of nitrogens with zero attached hydrogens (tertiary/aromatic N) is 3. The zero-order chi connectivity index (χ0) is 5.70. The maximum absolute atomic E-state index is 9.13. The first-order valence-electron chi connectivity index (χ1n) is 1.32. The third-order valence-corrected chi connectivity index (χ3v) is 0.283. The maximum Gasteiger partial charge on any atom is 0.350 e. The normalized spacial score (nSPS) is 8.14. The molecule has 0 aromatic heterocycles. The van der Waals surface area contributed by atoms with Crippen LogP contribution in [0.4, 0.5) is 0 Å². The minimum absolute atomic E-state index is 1.81. The Morgan fingerprint density at radius 2 is 1.14 bits per heavy atom. The molecule has 0 atom stereocenters. The number of nitroso groups, excluding NO2 is 3. The van der Waals surface area contributed by atoms with Gasteiger partial charge in [-0.25, -0.2) is 0 Å². The van der Waals surface area contributed by atoms with Crippen LogP contribution in [0.5, 0.6) is 0 Å². The molecule has 0 radical (unpaired) electrons. The molecular weight excluding hydrogens is 102 g/mol. The molecule has 0 heterocycles. The minimum atomic E-state index is -1.81. The van der Waals surface area contributed by atoms with E-state index in [1.54, 1.807) is 0 Å². The van der Waals surface area contributed by atoms with Crippen molar-refractivity contribution in [3.8, 4) is 0 Å². The Morgan fingerprint density at radius 3 is 1.14 bits per heavy atom. The Kier molecular flexibility index (Phi) is 2.49. The molecule has 0 aromatic rings. The van der Waals surface area contributed by atoms with Gasteiger partial charge in [-0.15, -0.1) is 14.7 Å². The minimum Gasteiger partial charge on any atom is -0.146 e. The van der Waals surface area contributed by atoms with Crippen LogP contribution < -0.4 is 0 Å². The highest BCUT2D eigenvalue weighted by Gasteiger charge is 2.02. The van der Waals surface area contributed by atoms with E-state index in [1.165, 1.54) is 0 Å². The van der Waals surface area contributed by atoms with Gasteiger partial charge in [0.2, 0.25) is 0 Å². The summed E-state index contributed by atoms with van der Waals surface area (Å²) in [5.74, 6) is 0. The maximum atomic E-state index is 9.13. The van der Waals surface area contributed by atoms with Gasteiger partial charge in [0.15, 0.2) is 0 Å². The second kappa shape index (κ2) is 3.01. The lowest BCUT2D eigenvalue weighted by atomic mass is 11.0. The Hall–Kier alpha value is -1.20. The highest BCUT2D eigenvalue weighted by Crippen LogP contribution is 1.89. The Bertz CT molecular complexity index is 71.2. The largest absolute Gasteiger partial charge is 0.350 e. The van der Waals surface area contributed by atoms with Gasteiger partial charge in [-0.05, 0) is 15.5 Å². The van der Waals surface area contributed by atoms with Crippen LogP contribution in [-0.4, -0.2) is 6.29 Å². The fourth-order valence-corrected chi connectivity index (χ4v) is 0.0577. The Morgan fingerprint density at radius 1 is 0.857 bits per heavy atom. The molecule has 38 valence electrons. The second-order valence-corrected chi connectivity index (χ2v) is 0.663. The summed E-state index contributed by atoms with van der Waals surface area (Å²) in [7, 11) is 0. The summed E-state index contributed by atoms with van der Waals surface area (Å²) in [6.45, 7) is 0. The molecule has 0 rings (SSSR count). The highest BCUT2D eigenvalue weighted by atomic mass is 16.3. The van der Waals surface area contributed by atoms with E-state index >= 15 is 0 Å². The van der Waals surface area contributed by atoms with Crippen LogP contribution in [0.25, 0.3) is 0 Å². The average Bonchev–Trinajstić information content (AvgIpc) is 1.72. The van der Waals surface area contributed by atoms with Gasteiger partial charge >= 0.3 is 6.29 Å². The van der Waals surface area contributed by atoms with Gasteiger partial charge < -0.3 is 0 Å². The molecule has 7 heavy (non-hydrogen) atoms. The zero-order valence-corrected chi connectivity index (χ0v) is 3.14. The van der Waals surface area contributed by atoms with Crippen molar-refractivity contribution in [2.24, 2.45) is 15.5 Å². The van der Waals surface area contributed by atoms with Crippen LogP contribution in [0.3, 0.4) is 0 Å². The molecule has 6 nitrogen and oxygen atoms in total. The summed E-state index contributed by atoms with van der Waals surface area (Å²) in [6.07, 6.45) is -1.81. The van der Waals surface area contributed by atoms with Gasteiger partial charge in [-0.2, -0.15) is 0 Å². The molecule has 0 N–H and O–H groups in total. The fraction of sp³-hybridized carbons (Fsp3) is 1.00. The molecule has 0 amide bonds. The standard InChI is InChI=1S/CHN3O3/c5-2-1(3-6)4-7/h1H. The van der Waals surface area contributed by atoms with Crippen molar-refractivity contribution in [3.63, 3.8) is 0 Å². The van der Waals surface area contributed by atoms with Crippen LogP contribution in [0.2, 0.25) is 0 Å². The van der Waals surface area contributed by atoms with Crippen LogP contribution in [-0.2, 0) is 0 Å². The van der Waals surface area contributed by atoms with Crippen LogP contribution in [0.15, 0.2) is 15.5 Å². The lowest BCUT2D eigenvalue weighted by Gasteiger charge is -1.75. The van der Waals surface area contributed by atoms with Gasteiger partial charge in [0.05, 0.1) is 0 Å². The van der Waals surface area contributed by atoms with Crippen molar-refractivity contribution >= 4 is 0 Å². The van der Waals surface area contributed by atoms with Crippen molar-refractivity contribution in [2.45, 2.75) is 6.29 Å². The average molecular weight is 103 g/mol. The molecule has 0 spiro atoms. The molecule has 0 saturated heterocycles. The molecule has 0 aromatic carbocycles. The summed E-state index contributed by atoms with van der Waals surface area (Å²) >= 11 is 0. The van der Waals surface area contributed by atoms with Gasteiger partial charge in [-0.1, -0.05) is 0 Å². The fourth-order valence-electron chi connectivity index (χ4n) is 0.0577. The van der Waals surface area contributed by atoms with Crippen LogP contribution >= 0.6 is 0 Å². The molecule has 0 bridgehead atoms. The van der Waals surface area contributed by atoms with Gasteiger partial charge in [0.25, 0.3) is 0 Å². The Balaban J connectivity index is 3.57. The predicted octanol–water partition coefficient (Wildman–Crippen LogP) is 0.569. The third kappa shape index (κ3) is 1.63. The second-order valence-electron chi connectivity index (χ2n) is 0.663. The summed E-state index contributed by atoms with van der Waals surface area (Å²) in [6, 6.07) is 0. The number of hydrogen-bond acceptors (Lipinski definition) is 6. The molecule has 0 aliphatic carbocycles. The molecule has 0 aliphatic rings. The van der Waals surface area contributed by atoms with Crippen molar-refractivity contribution in [1.29, 1.82) is 0 Å². The van der Waals surface area contributed by atoms with Gasteiger partial charge in [0.1, 0.15) is 0 Å². The van der Waals surface area contributed by atoms with Crippen molar-refractivity contribution in [1.82, 2.24) is 0 Å².